The summed E-state index contributed by atoms with van der Waals surface area (Å²) < 4.78 is 52.8. The number of fused-ring (bicyclic) bond motifs is 6. The molecule has 13 heteroatoms. The first kappa shape index (κ1) is 35.9. The van der Waals surface area contributed by atoms with Crippen LogP contribution in [0.15, 0.2) is 30.5 Å². The molecule has 4 aliphatic heterocycles. The van der Waals surface area contributed by atoms with E-state index in [1.54, 1.807) is 18.0 Å². The third-order valence-electron chi connectivity index (χ3n) is 10.6. The highest BCUT2D eigenvalue weighted by molar-refractivity contribution is 7.98. The quantitative estimate of drug-likeness (QED) is 0.252. The first-order valence-electron chi connectivity index (χ1n) is 17.9. The molecule has 2 aromatic heterocycles. The Labute approximate surface area is 288 Å². The second-order valence-electron chi connectivity index (χ2n) is 16.1. The number of pyridine rings is 1. The summed E-state index contributed by atoms with van der Waals surface area (Å²) in [4.78, 5) is 6.79. The molecule has 4 bridgehead atoms. The first-order chi connectivity index (χ1) is 22.7. The maximum absolute atomic E-state index is 13.7. The van der Waals surface area contributed by atoms with Crippen molar-refractivity contribution in [3.63, 3.8) is 0 Å². The molecule has 2 aromatic rings. The molecule has 268 valence electrons. The standard InChI is InChI=1S/C35H55F3N8OS/c1-33(2,3)17-19-47-30-16-18-46(44-30)29-15-13-24-21-39-48-31-11-7-10-28(42-31)41-26(25-8-6-9-27(40-25)35(36,37)38)14-12-23-20-34(4,5)45(22-23)32(24)43-29/h6,8-9,16,18,23-24,26,28-29,31-32,39,41-43H,7,10-15,17,19-22H2,1-5H3/t23-,24?,26+,28?,29?,31?,32?/m0/s1. The van der Waals surface area contributed by atoms with Crippen LogP contribution in [0, 0.1) is 17.3 Å². The lowest BCUT2D eigenvalue weighted by molar-refractivity contribution is -0.141. The largest absolute Gasteiger partial charge is 0.477 e. The fraction of sp³-hybridized carbons (Fsp3) is 0.771. The van der Waals surface area contributed by atoms with Gasteiger partial charge in [0.2, 0.25) is 5.88 Å². The van der Waals surface area contributed by atoms with Crippen molar-refractivity contribution in [2.45, 2.75) is 134 Å². The molecule has 6 heterocycles. The van der Waals surface area contributed by atoms with Crippen LogP contribution in [-0.2, 0) is 6.18 Å². The van der Waals surface area contributed by atoms with Crippen LogP contribution in [0.3, 0.4) is 0 Å². The summed E-state index contributed by atoms with van der Waals surface area (Å²) in [5.74, 6) is 1.50. The lowest BCUT2D eigenvalue weighted by Crippen LogP contribution is -2.60. The Morgan fingerprint density at radius 3 is 2.62 bits per heavy atom. The molecule has 6 unspecified atom stereocenters. The Hall–Kier alpha value is -1.90. The number of aromatic nitrogens is 3. The van der Waals surface area contributed by atoms with E-state index in [1.807, 2.05) is 16.9 Å². The monoisotopic (exact) mass is 692 g/mol. The Balaban J connectivity index is 1.20. The average molecular weight is 693 g/mol. The molecule has 48 heavy (non-hydrogen) atoms. The number of piperidine rings is 2. The van der Waals surface area contributed by atoms with E-state index in [4.69, 9.17) is 9.84 Å². The van der Waals surface area contributed by atoms with Crippen molar-refractivity contribution < 1.29 is 17.9 Å². The summed E-state index contributed by atoms with van der Waals surface area (Å²) in [5.41, 5.74) is -0.185. The number of nitrogens with zero attached hydrogens (tertiary/aromatic N) is 4. The molecular formula is C35H55F3N8OS. The predicted molar refractivity (Wildman–Crippen MR) is 184 cm³/mol. The molecule has 9 nitrogen and oxygen atoms in total. The minimum absolute atomic E-state index is 0.0160. The smallest absolute Gasteiger partial charge is 0.433 e. The Bertz CT molecular complexity index is 1350. The molecule has 0 aliphatic carbocycles. The third kappa shape index (κ3) is 9.06. The van der Waals surface area contributed by atoms with Crippen LogP contribution in [0.1, 0.15) is 116 Å². The van der Waals surface area contributed by atoms with Gasteiger partial charge in [-0.15, -0.1) is 5.10 Å². The number of ether oxygens (including phenoxy) is 1. The number of hydrogen-bond acceptors (Lipinski definition) is 9. The molecule has 0 saturated carbocycles. The zero-order chi connectivity index (χ0) is 34.1. The van der Waals surface area contributed by atoms with Gasteiger partial charge < -0.3 is 4.74 Å². The summed E-state index contributed by atoms with van der Waals surface area (Å²) in [6.07, 6.45) is 6.51. The highest BCUT2D eigenvalue weighted by Gasteiger charge is 2.46. The fourth-order valence-corrected chi connectivity index (χ4v) is 9.02. The normalized spacial score (nSPS) is 33.3. The van der Waals surface area contributed by atoms with Crippen LogP contribution in [-0.4, -0.2) is 62.6 Å². The number of rotatable bonds is 5. The Morgan fingerprint density at radius 1 is 1.00 bits per heavy atom. The Kier molecular flexibility index (Phi) is 11.0. The number of halogens is 3. The molecule has 0 aromatic carbocycles. The SMILES string of the molecule is CC(C)(C)CCOc1ccn(C2CCC3CNSC4CCCC(N4)N[C@@H](c4cccc(C(F)(F)F)n4)CC[C@@H]4CN(C3N2)C(C)(C)C4)n1. The van der Waals surface area contributed by atoms with Gasteiger partial charge in [-0.3, -0.25) is 30.3 Å². The predicted octanol–water partition coefficient (Wildman–Crippen LogP) is 6.82. The van der Waals surface area contributed by atoms with E-state index < -0.39 is 11.9 Å². The first-order valence-corrected chi connectivity index (χ1v) is 18.8. The summed E-state index contributed by atoms with van der Waals surface area (Å²) in [7, 11) is 0. The maximum Gasteiger partial charge on any atom is 0.433 e. The van der Waals surface area contributed by atoms with Crippen molar-refractivity contribution in [2.75, 3.05) is 19.7 Å². The third-order valence-corrected chi connectivity index (χ3v) is 11.6. The molecule has 4 N–H and O–H groups in total. The average Bonchev–Trinajstić information content (AvgIpc) is 3.61. The van der Waals surface area contributed by atoms with E-state index in [-0.39, 0.29) is 40.9 Å². The van der Waals surface area contributed by atoms with Gasteiger partial charge in [0, 0.05) is 36.8 Å². The van der Waals surface area contributed by atoms with Crippen LogP contribution in [0.2, 0.25) is 0 Å². The van der Waals surface area contributed by atoms with Crippen LogP contribution >= 0.6 is 11.9 Å². The summed E-state index contributed by atoms with van der Waals surface area (Å²) in [6.45, 7) is 13.8. The van der Waals surface area contributed by atoms with E-state index >= 15 is 0 Å². The molecular weight excluding hydrogens is 638 g/mol. The van der Waals surface area contributed by atoms with Crippen LogP contribution in [0.5, 0.6) is 5.88 Å². The number of alkyl halides is 3. The Morgan fingerprint density at radius 2 is 1.83 bits per heavy atom. The van der Waals surface area contributed by atoms with Crippen molar-refractivity contribution >= 4 is 11.9 Å². The number of nitrogens with one attached hydrogen (secondary N) is 4. The summed E-state index contributed by atoms with van der Waals surface area (Å²) in [6, 6.07) is 6.00. The summed E-state index contributed by atoms with van der Waals surface area (Å²) >= 11 is 1.75. The van der Waals surface area contributed by atoms with Crippen molar-refractivity contribution in [1.82, 2.24) is 40.3 Å². The molecule has 4 aliphatic rings. The van der Waals surface area contributed by atoms with E-state index in [9.17, 15) is 13.2 Å². The van der Waals surface area contributed by atoms with Crippen LogP contribution in [0.4, 0.5) is 13.2 Å². The van der Waals surface area contributed by atoms with Crippen molar-refractivity contribution in [1.29, 1.82) is 0 Å². The molecule has 4 saturated heterocycles. The lowest BCUT2D eigenvalue weighted by Gasteiger charge is -2.47. The summed E-state index contributed by atoms with van der Waals surface area (Å²) in [5, 5.41) is 16.5. The maximum atomic E-state index is 13.7. The van der Waals surface area contributed by atoms with Crippen LogP contribution in [0.25, 0.3) is 0 Å². The van der Waals surface area contributed by atoms with Gasteiger partial charge in [0.15, 0.2) is 0 Å². The van der Waals surface area contributed by atoms with Gasteiger partial charge in [-0.05, 0) is 95.1 Å². The van der Waals surface area contributed by atoms with Gasteiger partial charge >= 0.3 is 6.18 Å². The zero-order valence-electron chi connectivity index (χ0n) is 29.2. The van der Waals surface area contributed by atoms with E-state index in [0.29, 0.717) is 30.0 Å². The fourth-order valence-electron chi connectivity index (χ4n) is 7.99. The molecule has 0 spiro atoms. The minimum atomic E-state index is -4.47. The lowest BCUT2D eigenvalue weighted by atomic mass is 9.89. The van der Waals surface area contributed by atoms with Crippen LogP contribution < -0.4 is 25.4 Å². The van der Waals surface area contributed by atoms with Gasteiger partial charge in [-0.1, -0.05) is 38.8 Å². The second-order valence-corrected chi connectivity index (χ2v) is 17.2. The van der Waals surface area contributed by atoms with Crippen molar-refractivity contribution in [3.8, 4) is 5.88 Å². The van der Waals surface area contributed by atoms with Gasteiger partial charge in [0.1, 0.15) is 11.9 Å². The zero-order valence-corrected chi connectivity index (χ0v) is 30.0. The van der Waals surface area contributed by atoms with E-state index in [2.05, 4.69) is 65.2 Å². The number of hydrogen-bond donors (Lipinski definition) is 4. The molecule has 8 atom stereocenters. The topological polar surface area (TPSA) is 91.3 Å². The highest BCUT2D eigenvalue weighted by atomic mass is 32.2. The second kappa shape index (κ2) is 14.8. The van der Waals surface area contributed by atoms with Gasteiger partial charge in [0.25, 0.3) is 0 Å². The molecule has 0 amide bonds. The van der Waals surface area contributed by atoms with Crippen molar-refractivity contribution in [3.05, 3.63) is 41.9 Å². The van der Waals surface area contributed by atoms with Gasteiger partial charge in [-0.25, -0.2) is 4.98 Å². The highest BCUT2D eigenvalue weighted by Crippen LogP contribution is 2.41. The van der Waals surface area contributed by atoms with Crippen molar-refractivity contribution in [2.24, 2.45) is 17.3 Å². The molecule has 6 rings (SSSR count). The van der Waals surface area contributed by atoms with Gasteiger partial charge in [-0.2, -0.15) is 13.2 Å². The van der Waals surface area contributed by atoms with Gasteiger partial charge in [0.05, 0.1) is 36.0 Å². The minimum Gasteiger partial charge on any atom is -0.477 e. The molecule has 4 fully saturated rings. The van der Waals surface area contributed by atoms with E-state index in [1.165, 1.54) is 6.07 Å². The van der Waals surface area contributed by atoms with E-state index in [0.717, 1.165) is 76.9 Å². The molecule has 0 radical (unpaired) electrons.